The maximum atomic E-state index is 15.3. The third-order valence-electron chi connectivity index (χ3n) is 5.18. The average molecular weight is 486 g/mol. The Morgan fingerprint density at radius 3 is 2.26 bits per heavy atom. The molecular weight excluding hydrogens is 457 g/mol. The number of hydrogen-bond acceptors (Lipinski definition) is 6. The highest BCUT2D eigenvalue weighted by Crippen LogP contribution is 2.40. The predicted octanol–water partition coefficient (Wildman–Crippen LogP) is 5.74. The van der Waals surface area contributed by atoms with E-state index in [0.29, 0.717) is 46.0 Å². The van der Waals surface area contributed by atoms with Crippen LogP contribution >= 0.6 is 0 Å². The van der Waals surface area contributed by atoms with Gasteiger partial charge in [0.15, 0.2) is 11.5 Å². The van der Waals surface area contributed by atoms with Gasteiger partial charge in [-0.15, -0.1) is 0 Å². The van der Waals surface area contributed by atoms with E-state index in [-0.39, 0.29) is 11.3 Å². The molecule has 0 radical (unpaired) electrons. The third kappa shape index (κ3) is 5.88. The summed E-state index contributed by atoms with van der Waals surface area (Å²) < 4.78 is 54.0. The molecule has 180 valence electrons. The maximum Gasteiger partial charge on any atom is 0.306 e. The standard InChI is InChI=1S/C26H28FNO5S/c1-16(2)12-13-32-23-11-8-19(14-24(23)31-4)25-22(27)15-21(17(3)26(25)28)18-6-9-20(10-7-18)33-34(5,29)30/h6-12,14-15H,13,28H2,1-5H3. The first-order valence-electron chi connectivity index (χ1n) is 10.5. The molecule has 0 aliphatic heterocycles. The molecule has 0 aliphatic carbocycles. The van der Waals surface area contributed by atoms with Gasteiger partial charge in [0.2, 0.25) is 0 Å². The normalized spacial score (nSPS) is 11.1. The summed E-state index contributed by atoms with van der Waals surface area (Å²) in [5, 5.41) is 0. The smallest absolute Gasteiger partial charge is 0.306 e. The molecule has 0 fully saturated rings. The Balaban J connectivity index is 1.97. The fourth-order valence-corrected chi connectivity index (χ4v) is 3.93. The quantitative estimate of drug-likeness (QED) is 0.249. The van der Waals surface area contributed by atoms with E-state index in [2.05, 4.69) is 0 Å². The minimum atomic E-state index is -3.63. The fraction of sp³-hybridized carbons (Fsp3) is 0.231. The third-order valence-corrected chi connectivity index (χ3v) is 5.68. The molecule has 3 rings (SSSR count). The first-order chi connectivity index (χ1) is 16.0. The van der Waals surface area contributed by atoms with Crippen LogP contribution < -0.4 is 19.4 Å². The fourth-order valence-electron chi connectivity index (χ4n) is 3.47. The van der Waals surface area contributed by atoms with Gasteiger partial charge in [0.05, 0.1) is 13.4 Å². The van der Waals surface area contributed by atoms with Crippen LogP contribution in [-0.4, -0.2) is 28.4 Å². The Kier molecular flexibility index (Phi) is 7.51. The zero-order valence-corrected chi connectivity index (χ0v) is 20.6. The molecule has 3 aromatic carbocycles. The SMILES string of the molecule is COc1cc(-c2c(F)cc(-c3ccc(OS(C)(=O)=O)cc3)c(C)c2N)ccc1OCC=C(C)C. The Labute approximate surface area is 199 Å². The number of anilines is 1. The molecule has 0 saturated carbocycles. The molecule has 8 heteroatoms. The number of allylic oxidation sites excluding steroid dienone is 1. The van der Waals surface area contributed by atoms with E-state index < -0.39 is 15.9 Å². The van der Waals surface area contributed by atoms with Gasteiger partial charge in [-0.2, -0.15) is 8.42 Å². The second kappa shape index (κ2) is 10.2. The molecule has 0 saturated heterocycles. The Bertz CT molecular complexity index is 1330. The summed E-state index contributed by atoms with van der Waals surface area (Å²) in [5.41, 5.74) is 10.6. The Morgan fingerprint density at radius 2 is 1.68 bits per heavy atom. The number of rotatable bonds is 8. The molecule has 0 spiro atoms. The highest BCUT2D eigenvalue weighted by Gasteiger charge is 2.18. The number of hydrogen-bond donors (Lipinski definition) is 1. The highest BCUT2D eigenvalue weighted by molar-refractivity contribution is 7.86. The molecule has 2 N–H and O–H groups in total. The Hall–Kier alpha value is -3.52. The first-order valence-corrected chi connectivity index (χ1v) is 12.3. The molecule has 3 aromatic rings. The van der Waals surface area contributed by atoms with E-state index in [9.17, 15) is 8.42 Å². The van der Waals surface area contributed by atoms with E-state index in [0.717, 1.165) is 11.8 Å². The molecule has 0 aromatic heterocycles. The van der Waals surface area contributed by atoms with Gasteiger partial charge in [-0.3, -0.25) is 0 Å². The van der Waals surface area contributed by atoms with E-state index >= 15 is 4.39 Å². The van der Waals surface area contributed by atoms with Gasteiger partial charge < -0.3 is 19.4 Å². The van der Waals surface area contributed by atoms with Gasteiger partial charge in [-0.25, -0.2) is 4.39 Å². The number of nitrogen functional groups attached to an aromatic ring is 1. The predicted molar refractivity (Wildman–Crippen MR) is 133 cm³/mol. The van der Waals surface area contributed by atoms with Crippen molar-refractivity contribution in [3.8, 4) is 39.5 Å². The molecule has 0 heterocycles. The zero-order chi connectivity index (χ0) is 25.0. The van der Waals surface area contributed by atoms with Gasteiger partial charge in [0, 0.05) is 11.3 Å². The van der Waals surface area contributed by atoms with Gasteiger partial charge in [-0.1, -0.05) is 23.8 Å². The van der Waals surface area contributed by atoms with Crippen molar-refractivity contribution in [2.75, 3.05) is 25.7 Å². The van der Waals surface area contributed by atoms with Crippen molar-refractivity contribution in [1.82, 2.24) is 0 Å². The first kappa shape index (κ1) is 25.1. The molecule has 34 heavy (non-hydrogen) atoms. The lowest BCUT2D eigenvalue weighted by Crippen LogP contribution is -2.05. The highest BCUT2D eigenvalue weighted by atomic mass is 32.2. The minimum Gasteiger partial charge on any atom is -0.493 e. The average Bonchev–Trinajstić information content (AvgIpc) is 2.76. The van der Waals surface area contributed by atoms with Crippen molar-refractivity contribution in [3.05, 3.63) is 71.6 Å². The lowest BCUT2D eigenvalue weighted by atomic mass is 9.92. The number of ether oxygens (including phenoxy) is 2. The molecule has 0 unspecified atom stereocenters. The van der Waals surface area contributed by atoms with Crippen molar-refractivity contribution in [1.29, 1.82) is 0 Å². The summed E-state index contributed by atoms with van der Waals surface area (Å²) in [7, 11) is -2.11. The van der Waals surface area contributed by atoms with E-state index in [1.165, 1.54) is 25.3 Å². The van der Waals surface area contributed by atoms with Crippen LogP contribution in [0.4, 0.5) is 10.1 Å². The van der Waals surface area contributed by atoms with Crippen LogP contribution in [0.5, 0.6) is 17.2 Å². The van der Waals surface area contributed by atoms with Crippen molar-refractivity contribution < 1.29 is 26.5 Å². The lowest BCUT2D eigenvalue weighted by Gasteiger charge is -2.17. The van der Waals surface area contributed by atoms with Crippen LogP contribution in [0.3, 0.4) is 0 Å². The molecule has 0 bridgehead atoms. The van der Waals surface area contributed by atoms with E-state index in [1.807, 2.05) is 26.8 Å². The van der Waals surface area contributed by atoms with Gasteiger partial charge in [-0.05, 0) is 79.4 Å². The van der Waals surface area contributed by atoms with E-state index in [4.69, 9.17) is 19.4 Å². The number of benzene rings is 3. The Morgan fingerprint density at radius 1 is 1.03 bits per heavy atom. The van der Waals surface area contributed by atoms with Gasteiger partial charge in [0.1, 0.15) is 18.2 Å². The summed E-state index contributed by atoms with van der Waals surface area (Å²) in [6.07, 6.45) is 2.92. The largest absolute Gasteiger partial charge is 0.493 e. The van der Waals surface area contributed by atoms with Crippen LogP contribution in [0.15, 0.2) is 60.2 Å². The topological polar surface area (TPSA) is 87.9 Å². The minimum absolute atomic E-state index is 0.174. The van der Waals surface area contributed by atoms with Gasteiger partial charge in [0.25, 0.3) is 0 Å². The second-order valence-electron chi connectivity index (χ2n) is 8.09. The van der Waals surface area contributed by atoms with Crippen LogP contribution in [0.1, 0.15) is 19.4 Å². The van der Waals surface area contributed by atoms with Gasteiger partial charge >= 0.3 is 10.1 Å². The molecular formula is C26H28FNO5S. The molecule has 6 nitrogen and oxygen atoms in total. The monoisotopic (exact) mass is 485 g/mol. The van der Waals surface area contributed by atoms with Crippen LogP contribution in [-0.2, 0) is 10.1 Å². The maximum absolute atomic E-state index is 15.3. The summed E-state index contributed by atoms with van der Waals surface area (Å²) in [5.74, 6) is 0.705. The number of methoxy groups -OCH3 is 1. The van der Waals surface area contributed by atoms with Crippen LogP contribution in [0.2, 0.25) is 0 Å². The zero-order valence-electron chi connectivity index (χ0n) is 19.8. The van der Waals surface area contributed by atoms with E-state index in [1.54, 1.807) is 30.3 Å². The summed E-state index contributed by atoms with van der Waals surface area (Å²) in [6, 6.07) is 12.9. The molecule has 0 atom stereocenters. The number of nitrogens with two attached hydrogens (primary N) is 1. The lowest BCUT2D eigenvalue weighted by molar-refractivity contribution is 0.326. The van der Waals surface area contributed by atoms with Crippen molar-refractivity contribution in [3.63, 3.8) is 0 Å². The van der Waals surface area contributed by atoms with Crippen molar-refractivity contribution in [2.24, 2.45) is 0 Å². The van der Waals surface area contributed by atoms with Crippen LogP contribution in [0.25, 0.3) is 22.3 Å². The second-order valence-corrected chi connectivity index (χ2v) is 9.66. The molecule has 0 aliphatic rings. The van der Waals surface area contributed by atoms with Crippen molar-refractivity contribution >= 4 is 15.8 Å². The number of halogens is 1. The summed E-state index contributed by atoms with van der Waals surface area (Å²) in [6.45, 7) is 6.18. The molecule has 0 amide bonds. The summed E-state index contributed by atoms with van der Waals surface area (Å²) >= 11 is 0. The summed E-state index contributed by atoms with van der Waals surface area (Å²) in [4.78, 5) is 0. The van der Waals surface area contributed by atoms with Crippen LogP contribution in [0, 0.1) is 12.7 Å². The van der Waals surface area contributed by atoms with Crippen molar-refractivity contribution in [2.45, 2.75) is 20.8 Å².